The Balaban J connectivity index is 2.03. The summed E-state index contributed by atoms with van der Waals surface area (Å²) in [4.78, 5) is 11.3. The van der Waals surface area contributed by atoms with Gasteiger partial charge in [0.25, 0.3) is 0 Å². The summed E-state index contributed by atoms with van der Waals surface area (Å²) in [5.74, 6) is -1.04. The number of piperazine rings is 1. The molecule has 0 unspecified atom stereocenters. The first-order valence-electron chi connectivity index (χ1n) is 6.94. The first-order valence-corrected chi connectivity index (χ1v) is 8.38. The maximum atomic E-state index is 12.9. The molecule has 0 bridgehead atoms. The third kappa shape index (κ3) is 2.58. The zero-order chi connectivity index (χ0) is 15.7. The summed E-state index contributed by atoms with van der Waals surface area (Å²) in [6.07, 6.45) is 0. The lowest BCUT2D eigenvalue weighted by Gasteiger charge is -2.31. The van der Waals surface area contributed by atoms with Gasteiger partial charge in [-0.25, -0.2) is 8.42 Å². The van der Waals surface area contributed by atoms with Crippen LogP contribution in [0.15, 0.2) is 47.4 Å². The van der Waals surface area contributed by atoms with Gasteiger partial charge < -0.3 is 10.4 Å². The van der Waals surface area contributed by atoms with E-state index in [1.807, 2.05) is 18.2 Å². The van der Waals surface area contributed by atoms with Crippen LogP contribution >= 0.6 is 0 Å². The van der Waals surface area contributed by atoms with Crippen molar-refractivity contribution < 1.29 is 18.3 Å². The van der Waals surface area contributed by atoms with E-state index in [0.29, 0.717) is 11.9 Å². The van der Waals surface area contributed by atoms with Gasteiger partial charge in [-0.2, -0.15) is 4.31 Å². The number of aliphatic carboxylic acids is 1. The Hall–Kier alpha value is -1.96. The molecule has 116 valence electrons. The second-order valence-electron chi connectivity index (χ2n) is 5.19. The maximum Gasteiger partial charge on any atom is 0.322 e. The van der Waals surface area contributed by atoms with Crippen molar-refractivity contribution in [3.63, 3.8) is 0 Å². The van der Waals surface area contributed by atoms with Crippen LogP contribution < -0.4 is 5.32 Å². The number of nitrogens with one attached hydrogen (secondary N) is 1. The summed E-state index contributed by atoms with van der Waals surface area (Å²) in [6, 6.07) is 11.5. The van der Waals surface area contributed by atoms with Gasteiger partial charge in [-0.15, -0.1) is 0 Å². The number of hydrogen-bond acceptors (Lipinski definition) is 4. The lowest BCUT2D eigenvalue weighted by molar-refractivity contribution is -0.140. The molecule has 0 aromatic heterocycles. The molecule has 1 heterocycles. The van der Waals surface area contributed by atoms with Crippen LogP contribution in [0.2, 0.25) is 0 Å². The van der Waals surface area contributed by atoms with Gasteiger partial charge in [0.2, 0.25) is 10.0 Å². The van der Waals surface area contributed by atoms with E-state index in [4.69, 9.17) is 5.11 Å². The SMILES string of the molecule is O=C(O)[C@H]1CN(S(=O)(=O)c2cccc3ccccc23)CCN1. The molecule has 7 heteroatoms. The average molecular weight is 320 g/mol. The Kier molecular flexibility index (Phi) is 3.86. The lowest BCUT2D eigenvalue weighted by atomic mass is 10.1. The Labute approximate surface area is 128 Å². The average Bonchev–Trinajstić information content (AvgIpc) is 2.54. The normalized spacial score (nSPS) is 20.1. The minimum absolute atomic E-state index is 0.0686. The van der Waals surface area contributed by atoms with Crippen LogP contribution in [0.3, 0.4) is 0 Å². The number of benzene rings is 2. The summed E-state index contributed by atoms with van der Waals surface area (Å²) >= 11 is 0. The second-order valence-corrected chi connectivity index (χ2v) is 7.09. The molecule has 0 radical (unpaired) electrons. The molecule has 22 heavy (non-hydrogen) atoms. The van der Waals surface area contributed by atoms with Gasteiger partial charge in [0, 0.05) is 25.0 Å². The highest BCUT2D eigenvalue weighted by Gasteiger charge is 2.33. The molecule has 0 aliphatic carbocycles. The Morgan fingerprint density at radius 1 is 1.18 bits per heavy atom. The van der Waals surface area contributed by atoms with Gasteiger partial charge in [0.15, 0.2) is 0 Å². The van der Waals surface area contributed by atoms with E-state index in [1.54, 1.807) is 24.3 Å². The topological polar surface area (TPSA) is 86.7 Å². The van der Waals surface area contributed by atoms with E-state index in [-0.39, 0.29) is 18.0 Å². The van der Waals surface area contributed by atoms with Crippen molar-refractivity contribution in [1.82, 2.24) is 9.62 Å². The van der Waals surface area contributed by atoms with Crippen molar-refractivity contribution in [2.45, 2.75) is 10.9 Å². The Morgan fingerprint density at radius 3 is 2.68 bits per heavy atom. The smallest absolute Gasteiger partial charge is 0.322 e. The van der Waals surface area contributed by atoms with Crippen molar-refractivity contribution in [1.29, 1.82) is 0 Å². The highest BCUT2D eigenvalue weighted by atomic mass is 32.2. The molecule has 0 saturated carbocycles. The molecular formula is C15H16N2O4S. The number of hydrogen-bond donors (Lipinski definition) is 2. The summed E-state index contributed by atoms with van der Waals surface area (Å²) in [5.41, 5.74) is 0. The number of carboxylic acid groups (broad SMARTS) is 1. The van der Waals surface area contributed by atoms with E-state index in [9.17, 15) is 13.2 Å². The molecule has 2 aromatic carbocycles. The number of carbonyl (C=O) groups is 1. The van der Waals surface area contributed by atoms with E-state index in [1.165, 1.54) is 4.31 Å². The predicted molar refractivity (Wildman–Crippen MR) is 82.1 cm³/mol. The van der Waals surface area contributed by atoms with Crippen molar-refractivity contribution in [3.8, 4) is 0 Å². The molecule has 3 rings (SSSR count). The van der Waals surface area contributed by atoms with Gasteiger partial charge in [-0.3, -0.25) is 4.79 Å². The highest BCUT2D eigenvalue weighted by molar-refractivity contribution is 7.89. The maximum absolute atomic E-state index is 12.9. The number of sulfonamides is 1. The molecule has 2 aromatic rings. The molecule has 1 aliphatic heterocycles. The quantitative estimate of drug-likeness (QED) is 0.877. The molecule has 1 aliphatic rings. The standard InChI is InChI=1S/C15H16N2O4S/c18-15(19)13-10-17(9-8-16-13)22(20,21)14-7-3-5-11-4-1-2-6-12(11)14/h1-7,13,16H,8-10H2,(H,18,19)/t13-/m1/s1. The van der Waals surface area contributed by atoms with Crippen LogP contribution in [0, 0.1) is 0 Å². The van der Waals surface area contributed by atoms with Gasteiger partial charge in [-0.05, 0) is 11.5 Å². The highest BCUT2D eigenvalue weighted by Crippen LogP contribution is 2.26. The summed E-state index contributed by atoms with van der Waals surface area (Å²) in [5, 5.41) is 13.4. The Morgan fingerprint density at radius 2 is 1.91 bits per heavy atom. The fourth-order valence-electron chi connectivity index (χ4n) is 2.67. The van der Waals surface area contributed by atoms with Crippen LogP contribution in [0.25, 0.3) is 10.8 Å². The summed E-state index contributed by atoms with van der Waals surface area (Å²) < 4.78 is 27.0. The summed E-state index contributed by atoms with van der Waals surface area (Å²) in [6.45, 7) is 0.511. The number of carboxylic acids is 1. The molecule has 6 nitrogen and oxygen atoms in total. The minimum Gasteiger partial charge on any atom is -0.480 e. The third-order valence-corrected chi connectivity index (χ3v) is 5.73. The second kappa shape index (κ2) is 5.68. The van der Waals surface area contributed by atoms with E-state index in [0.717, 1.165) is 5.39 Å². The fourth-order valence-corrected chi connectivity index (χ4v) is 4.34. The van der Waals surface area contributed by atoms with Crippen LogP contribution in [0.1, 0.15) is 0 Å². The molecular weight excluding hydrogens is 304 g/mol. The number of fused-ring (bicyclic) bond motifs is 1. The third-order valence-electron chi connectivity index (χ3n) is 3.80. The zero-order valence-corrected chi connectivity index (χ0v) is 12.6. The lowest BCUT2D eigenvalue weighted by Crippen LogP contribution is -2.55. The van der Waals surface area contributed by atoms with Gasteiger partial charge in [0.1, 0.15) is 6.04 Å². The monoisotopic (exact) mass is 320 g/mol. The largest absolute Gasteiger partial charge is 0.480 e. The molecule has 1 atom stereocenters. The van der Waals surface area contributed by atoms with E-state index < -0.39 is 22.0 Å². The predicted octanol–water partition coefficient (Wildman–Crippen LogP) is 0.887. The molecule has 0 amide bonds. The number of rotatable bonds is 3. The zero-order valence-electron chi connectivity index (χ0n) is 11.8. The molecule has 0 spiro atoms. The van der Waals surface area contributed by atoms with Crippen molar-refractivity contribution >= 4 is 26.8 Å². The van der Waals surface area contributed by atoms with Crippen LogP contribution in [0.5, 0.6) is 0 Å². The van der Waals surface area contributed by atoms with Crippen LogP contribution in [-0.2, 0) is 14.8 Å². The molecule has 2 N–H and O–H groups in total. The first-order chi connectivity index (χ1) is 10.5. The minimum atomic E-state index is -3.73. The van der Waals surface area contributed by atoms with Crippen LogP contribution in [0.4, 0.5) is 0 Å². The van der Waals surface area contributed by atoms with Gasteiger partial charge in [0.05, 0.1) is 4.90 Å². The van der Waals surface area contributed by atoms with E-state index in [2.05, 4.69) is 5.32 Å². The number of nitrogens with zero attached hydrogens (tertiary/aromatic N) is 1. The first kappa shape index (κ1) is 15.0. The fraction of sp³-hybridized carbons (Fsp3) is 0.267. The van der Waals surface area contributed by atoms with E-state index >= 15 is 0 Å². The molecule has 1 saturated heterocycles. The van der Waals surface area contributed by atoms with Crippen molar-refractivity contribution in [2.75, 3.05) is 19.6 Å². The van der Waals surface area contributed by atoms with Gasteiger partial charge in [-0.1, -0.05) is 36.4 Å². The van der Waals surface area contributed by atoms with Crippen LogP contribution in [-0.4, -0.2) is 49.5 Å². The van der Waals surface area contributed by atoms with Crippen molar-refractivity contribution in [2.24, 2.45) is 0 Å². The van der Waals surface area contributed by atoms with Gasteiger partial charge >= 0.3 is 5.97 Å². The Bertz CT molecular complexity index is 814. The molecule has 1 fully saturated rings. The summed E-state index contributed by atoms with van der Waals surface area (Å²) in [7, 11) is -3.73. The van der Waals surface area contributed by atoms with Crippen molar-refractivity contribution in [3.05, 3.63) is 42.5 Å².